The summed E-state index contributed by atoms with van der Waals surface area (Å²) in [6.07, 6.45) is -0.349. The van der Waals surface area contributed by atoms with Crippen LogP contribution in [0.5, 0.6) is 0 Å². The molecule has 0 radical (unpaired) electrons. The highest BCUT2D eigenvalue weighted by Crippen LogP contribution is 2.42. The molecule has 33 heavy (non-hydrogen) atoms. The van der Waals surface area contributed by atoms with Crippen molar-refractivity contribution >= 4 is 29.1 Å². The molecule has 3 rings (SSSR count). The van der Waals surface area contributed by atoms with E-state index in [-0.39, 0.29) is 28.9 Å². The zero-order valence-electron chi connectivity index (χ0n) is 19.1. The molecule has 1 atom stereocenters. The van der Waals surface area contributed by atoms with Crippen molar-refractivity contribution in [2.75, 3.05) is 5.75 Å². The van der Waals surface area contributed by atoms with Crippen molar-refractivity contribution in [3.63, 3.8) is 0 Å². The molecule has 0 bridgehead atoms. The minimum atomic E-state index is -0.675. The summed E-state index contributed by atoms with van der Waals surface area (Å²) in [5.74, 6) is -0.731. The molecule has 0 saturated heterocycles. The number of thiophene rings is 1. The number of aromatic amines is 1. The first-order chi connectivity index (χ1) is 15.7. The van der Waals surface area contributed by atoms with Crippen LogP contribution in [-0.4, -0.2) is 17.8 Å². The van der Waals surface area contributed by atoms with Crippen molar-refractivity contribution in [1.82, 2.24) is 0 Å². The SMILES string of the molecule is Cc1[nH+]c(SCC2=C(C(=O)OC(C)C)C(c3cccs3)C(C#N)=C(N)O2)c(C#N)c(C)c1C. The van der Waals surface area contributed by atoms with Gasteiger partial charge in [0.25, 0.3) is 5.03 Å². The van der Waals surface area contributed by atoms with Gasteiger partial charge in [-0.3, -0.25) is 0 Å². The van der Waals surface area contributed by atoms with Gasteiger partial charge in [0.05, 0.1) is 23.3 Å². The van der Waals surface area contributed by atoms with E-state index in [0.717, 1.165) is 21.7 Å². The van der Waals surface area contributed by atoms with E-state index >= 15 is 0 Å². The standard InChI is InChI=1S/C24H24N4O3S2/c1-12(2)30-24(29)21-18(11-33-23-16(9-25)14(4)13(3)15(5)28-23)31-22(27)17(10-26)20(21)19-7-6-8-32-19/h6-8,12,20H,11,27H2,1-5H3/p+1. The molecule has 1 aliphatic rings. The molecule has 3 N–H and O–H groups in total. The van der Waals surface area contributed by atoms with E-state index in [1.54, 1.807) is 13.8 Å². The van der Waals surface area contributed by atoms with Gasteiger partial charge in [0.1, 0.15) is 29.0 Å². The lowest BCUT2D eigenvalue weighted by atomic mass is 9.87. The molecule has 1 aliphatic heterocycles. The molecular weight excluding hydrogens is 456 g/mol. The van der Waals surface area contributed by atoms with Gasteiger partial charge in [-0.15, -0.1) is 11.3 Å². The number of ether oxygens (including phenoxy) is 2. The summed E-state index contributed by atoms with van der Waals surface area (Å²) in [5.41, 5.74) is 9.96. The maximum atomic E-state index is 13.2. The molecule has 0 saturated carbocycles. The van der Waals surface area contributed by atoms with Crippen molar-refractivity contribution in [2.24, 2.45) is 5.73 Å². The molecule has 0 aromatic carbocycles. The zero-order valence-corrected chi connectivity index (χ0v) is 20.7. The number of H-pyrrole nitrogens is 1. The van der Waals surface area contributed by atoms with Gasteiger partial charge in [-0.1, -0.05) is 6.07 Å². The number of rotatable bonds is 6. The number of nitriles is 2. The number of carbonyl (C=O) groups excluding carboxylic acids is 1. The molecule has 9 heteroatoms. The third kappa shape index (κ3) is 4.90. The second-order valence-corrected chi connectivity index (χ2v) is 9.80. The second kappa shape index (κ2) is 10.1. The van der Waals surface area contributed by atoms with Gasteiger partial charge in [-0.2, -0.15) is 10.5 Å². The van der Waals surface area contributed by atoms with Gasteiger partial charge in [0.2, 0.25) is 5.88 Å². The van der Waals surface area contributed by atoms with E-state index in [0.29, 0.717) is 16.3 Å². The number of thioether (sulfide) groups is 1. The molecule has 3 heterocycles. The lowest BCUT2D eigenvalue weighted by Gasteiger charge is -2.27. The second-order valence-electron chi connectivity index (χ2n) is 7.84. The molecule has 0 spiro atoms. The molecule has 170 valence electrons. The Morgan fingerprint density at radius 1 is 1.30 bits per heavy atom. The van der Waals surface area contributed by atoms with Crippen LogP contribution in [0.25, 0.3) is 0 Å². The molecule has 0 amide bonds. The van der Waals surface area contributed by atoms with Crippen LogP contribution in [0.1, 0.15) is 47.0 Å². The first-order valence-corrected chi connectivity index (χ1v) is 12.2. The normalized spacial score (nSPS) is 15.8. The number of aryl methyl sites for hydroxylation is 1. The van der Waals surface area contributed by atoms with Crippen molar-refractivity contribution in [3.05, 3.63) is 67.6 Å². The Kier molecular flexibility index (Phi) is 7.47. The van der Waals surface area contributed by atoms with Crippen molar-refractivity contribution in [1.29, 1.82) is 10.5 Å². The minimum Gasteiger partial charge on any atom is -0.459 e. The number of carbonyl (C=O) groups is 1. The highest BCUT2D eigenvalue weighted by Gasteiger charge is 2.39. The van der Waals surface area contributed by atoms with E-state index < -0.39 is 11.9 Å². The predicted octanol–water partition coefficient (Wildman–Crippen LogP) is 4.16. The fourth-order valence-corrected chi connectivity index (χ4v) is 5.41. The maximum Gasteiger partial charge on any atom is 0.338 e. The zero-order chi connectivity index (χ0) is 24.3. The van der Waals surface area contributed by atoms with Crippen LogP contribution in [0.2, 0.25) is 0 Å². The number of hydrogen-bond acceptors (Lipinski definition) is 8. The monoisotopic (exact) mass is 481 g/mol. The molecule has 0 aliphatic carbocycles. The first-order valence-electron chi connectivity index (χ1n) is 10.3. The van der Waals surface area contributed by atoms with Crippen LogP contribution in [-0.2, 0) is 14.3 Å². The number of nitrogens with one attached hydrogen (secondary N) is 1. The Morgan fingerprint density at radius 3 is 2.61 bits per heavy atom. The molecule has 2 aromatic rings. The average Bonchev–Trinajstić information content (AvgIpc) is 3.29. The summed E-state index contributed by atoms with van der Waals surface area (Å²) >= 11 is 2.76. The summed E-state index contributed by atoms with van der Waals surface area (Å²) in [5, 5.41) is 22.0. The van der Waals surface area contributed by atoms with Crippen LogP contribution >= 0.6 is 23.1 Å². The average molecular weight is 482 g/mol. The van der Waals surface area contributed by atoms with Crippen molar-refractivity contribution < 1.29 is 19.3 Å². The van der Waals surface area contributed by atoms with E-state index in [4.69, 9.17) is 15.2 Å². The van der Waals surface area contributed by atoms with Gasteiger partial charge in [-0.05, 0) is 56.5 Å². The van der Waals surface area contributed by atoms with Crippen LogP contribution < -0.4 is 10.7 Å². The first kappa shape index (κ1) is 24.4. The van der Waals surface area contributed by atoms with Crippen LogP contribution in [0.3, 0.4) is 0 Å². The Labute approximate surface area is 201 Å². The van der Waals surface area contributed by atoms with Gasteiger partial charge in [0.15, 0.2) is 5.69 Å². The largest absolute Gasteiger partial charge is 0.459 e. The lowest BCUT2D eigenvalue weighted by Crippen LogP contribution is -2.28. The Bertz CT molecular complexity index is 1230. The smallest absolute Gasteiger partial charge is 0.338 e. The Balaban J connectivity index is 2.10. The number of nitrogens with two attached hydrogens (primary N) is 1. The number of aromatic nitrogens is 1. The summed E-state index contributed by atoms with van der Waals surface area (Å²) in [6, 6.07) is 8.07. The Morgan fingerprint density at radius 2 is 2.03 bits per heavy atom. The molecular formula is C24H25N4O3S2+. The number of esters is 1. The van der Waals surface area contributed by atoms with Crippen LogP contribution in [0.15, 0.2) is 45.3 Å². The van der Waals surface area contributed by atoms with E-state index in [1.807, 2.05) is 38.3 Å². The third-order valence-corrected chi connectivity index (χ3v) is 7.31. The van der Waals surface area contributed by atoms with E-state index in [9.17, 15) is 15.3 Å². The van der Waals surface area contributed by atoms with Gasteiger partial charge >= 0.3 is 5.97 Å². The maximum absolute atomic E-state index is 13.2. The van der Waals surface area contributed by atoms with Gasteiger partial charge in [-0.25, -0.2) is 9.78 Å². The predicted molar refractivity (Wildman–Crippen MR) is 126 cm³/mol. The molecule has 2 aromatic heterocycles. The van der Waals surface area contributed by atoms with Crippen LogP contribution in [0, 0.1) is 43.4 Å². The minimum absolute atomic E-state index is 0.0339. The molecule has 7 nitrogen and oxygen atoms in total. The molecule has 1 unspecified atom stereocenters. The van der Waals surface area contributed by atoms with Gasteiger partial charge in [0, 0.05) is 17.4 Å². The summed E-state index contributed by atoms with van der Waals surface area (Å²) in [4.78, 5) is 17.3. The van der Waals surface area contributed by atoms with Crippen molar-refractivity contribution in [3.8, 4) is 12.1 Å². The fourth-order valence-electron chi connectivity index (χ4n) is 3.51. The quantitative estimate of drug-likeness (QED) is 0.485. The lowest BCUT2D eigenvalue weighted by molar-refractivity contribution is -0.436. The summed E-state index contributed by atoms with van der Waals surface area (Å²) in [7, 11) is 0. The highest BCUT2D eigenvalue weighted by atomic mass is 32.2. The highest BCUT2D eigenvalue weighted by molar-refractivity contribution is 7.99. The summed E-state index contributed by atoms with van der Waals surface area (Å²) in [6.45, 7) is 9.34. The number of hydrogen-bond donors (Lipinski definition) is 1. The van der Waals surface area contributed by atoms with Gasteiger partial charge < -0.3 is 15.2 Å². The van der Waals surface area contributed by atoms with E-state index in [2.05, 4.69) is 17.1 Å². The van der Waals surface area contributed by atoms with E-state index in [1.165, 1.54) is 23.1 Å². The number of allylic oxidation sites excluding steroid dienone is 1. The number of nitrogens with zero attached hydrogens (tertiary/aromatic N) is 2. The van der Waals surface area contributed by atoms with Crippen molar-refractivity contribution in [2.45, 2.75) is 51.7 Å². The topological polar surface area (TPSA) is 123 Å². The third-order valence-electron chi connectivity index (χ3n) is 5.37. The summed E-state index contributed by atoms with van der Waals surface area (Å²) < 4.78 is 11.3. The molecule has 0 fully saturated rings. The van der Waals surface area contributed by atoms with Crippen LogP contribution in [0.4, 0.5) is 0 Å². The fraction of sp³-hybridized carbons (Fsp3) is 0.333. The number of pyridine rings is 1. The Hall–Kier alpha value is -3.27.